The first-order chi connectivity index (χ1) is 9.13. The highest BCUT2D eigenvalue weighted by atomic mass is 16.5. The summed E-state index contributed by atoms with van der Waals surface area (Å²) in [5, 5.41) is 2.88. The zero-order chi connectivity index (χ0) is 13.8. The van der Waals surface area contributed by atoms with E-state index in [1.165, 1.54) is 4.68 Å². The van der Waals surface area contributed by atoms with Crippen molar-refractivity contribution < 1.29 is 9.53 Å². The summed E-state index contributed by atoms with van der Waals surface area (Å²) in [5.41, 5.74) is 1.95. The monoisotopic (exact) mass is 260 g/mol. The van der Waals surface area contributed by atoms with Crippen molar-refractivity contribution in [3.05, 3.63) is 51.9 Å². The van der Waals surface area contributed by atoms with Gasteiger partial charge in [-0.3, -0.25) is 14.7 Å². The molecular weight excluding hydrogens is 244 g/mol. The summed E-state index contributed by atoms with van der Waals surface area (Å²) in [6.45, 7) is 3.98. The summed E-state index contributed by atoms with van der Waals surface area (Å²) in [6.07, 6.45) is 1.54. The van der Waals surface area contributed by atoms with E-state index < -0.39 is 5.97 Å². The number of esters is 1. The van der Waals surface area contributed by atoms with Crippen LogP contribution >= 0.6 is 0 Å². The fourth-order valence-electron chi connectivity index (χ4n) is 1.89. The van der Waals surface area contributed by atoms with Gasteiger partial charge >= 0.3 is 5.97 Å². The highest BCUT2D eigenvalue weighted by Crippen LogP contribution is 2.10. The molecule has 0 unspecified atom stereocenters. The van der Waals surface area contributed by atoms with Crippen LogP contribution in [-0.2, 0) is 16.0 Å². The second-order valence-corrected chi connectivity index (χ2v) is 4.21. The number of aromatic nitrogens is 2. The number of H-pyrrole nitrogens is 1. The highest BCUT2D eigenvalue weighted by molar-refractivity contribution is 5.72. The van der Waals surface area contributed by atoms with Crippen LogP contribution in [0.2, 0.25) is 0 Å². The van der Waals surface area contributed by atoms with Gasteiger partial charge in [0.15, 0.2) is 0 Å². The minimum atomic E-state index is -0.393. The number of hydrogen-bond acceptors (Lipinski definition) is 3. The number of carbonyl (C=O) groups is 1. The lowest BCUT2D eigenvalue weighted by atomic mass is 10.2. The van der Waals surface area contributed by atoms with Crippen LogP contribution < -0.4 is 5.56 Å². The molecule has 0 fully saturated rings. The van der Waals surface area contributed by atoms with Gasteiger partial charge in [-0.1, -0.05) is 18.2 Å². The summed E-state index contributed by atoms with van der Waals surface area (Å²) in [5.74, 6) is -0.393. The van der Waals surface area contributed by atoms with Crippen molar-refractivity contribution in [3.63, 3.8) is 0 Å². The van der Waals surface area contributed by atoms with Crippen LogP contribution in [0.25, 0.3) is 5.69 Å². The number of ether oxygens (including phenoxy) is 1. The quantitative estimate of drug-likeness (QED) is 0.849. The molecular formula is C14H16N2O3. The van der Waals surface area contributed by atoms with Gasteiger partial charge in [-0.25, -0.2) is 4.68 Å². The van der Waals surface area contributed by atoms with Gasteiger partial charge in [-0.15, -0.1) is 0 Å². The van der Waals surface area contributed by atoms with Crippen molar-refractivity contribution >= 4 is 5.97 Å². The van der Waals surface area contributed by atoms with Crippen LogP contribution in [0.1, 0.15) is 18.1 Å². The number of benzene rings is 1. The molecule has 0 spiro atoms. The van der Waals surface area contributed by atoms with Gasteiger partial charge in [0.1, 0.15) is 0 Å². The Labute approximate surface area is 110 Å². The van der Waals surface area contributed by atoms with Crippen LogP contribution in [0.5, 0.6) is 0 Å². The van der Waals surface area contributed by atoms with Crippen LogP contribution in [0.3, 0.4) is 0 Å². The third kappa shape index (κ3) is 2.76. The molecule has 2 aromatic rings. The Balaban J connectivity index is 2.31. The van der Waals surface area contributed by atoms with Gasteiger partial charge in [-0.2, -0.15) is 0 Å². The lowest BCUT2D eigenvalue weighted by molar-refractivity contribution is -0.142. The normalized spacial score (nSPS) is 10.4. The van der Waals surface area contributed by atoms with E-state index in [-0.39, 0.29) is 12.0 Å². The molecule has 0 aliphatic carbocycles. The van der Waals surface area contributed by atoms with Crippen LogP contribution in [0.15, 0.2) is 35.3 Å². The number of para-hydroxylation sites is 1. The first kappa shape index (κ1) is 13.1. The van der Waals surface area contributed by atoms with Gasteiger partial charge in [0.2, 0.25) is 0 Å². The summed E-state index contributed by atoms with van der Waals surface area (Å²) >= 11 is 0. The predicted molar refractivity (Wildman–Crippen MR) is 71.5 cm³/mol. The predicted octanol–water partition coefficient (Wildman–Crippen LogP) is 1.58. The maximum absolute atomic E-state index is 12.2. The molecule has 1 aromatic heterocycles. The van der Waals surface area contributed by atoms with Crippen molar-refractivity contribution in [2.75, 3.05) is 6.61 Å². The van der Waals surface area contributed by atoms with Crippen molar-refractivity contribution in [2.45, 2.75) is 20.3 Å². The van der Waals surface area contributed by atoms with Crippen molar-refractivity contribution in [3.8, 4) is 5.69 Å². The molecule has 0 saturated carbocycles. The maximum atomic E-state index is 12.2. The first-order valence-corrected chi connectivity index (χ1v) is 6.14. The summed E-state index contributed by atoms with van der Waals surface area (Å²) in [7, 11) is 0. The van der Waals surface area contributed by atoms with E-state index in [0.717, 1.165) is 11.3 Å². The van der Waals surface area contributed by atoms with E-state index >= 15 is 0 Å². The van der Waals surface area contributed by atoms with Gasteiger partial charge in [0.25, 0.3) is 5.56 Å². The third-order valence-corrected chi connectivity index (χ3v) is 2.84. The number of aromatic amines is 1. The number of aryl methyl sites for hydroxylation is 1. The fourth-order valence-corrected chi connectivity index (χ4v) is 1.89. The Morgan fingerprint density at radius 2 is 2.11 bits per heavy atom. The molecule has 100 valence electrons. The summed E-state index contributed by atoms with van der Waals surface area (Å²) < 4.78 is 6.27. The SMILES string of the molecule is CCOC(=O)Cc1c[nH]n(-c2ccccc2C)c1=O. The number of nitrogens with one attached hydrogen (secondary N) is 1. The zero-order valence-electron chi connectivity index (χ0n) is 11.0. The highest BCUT2D eigenvalue weighted by Gasteiger charge is 2.13. The minimum Gasteiger partial charge on any atom is -0.466 e. The topological polar surface area (TPSA) is 64.1 Å². The lowest BCUT2D eigenvalue weighted by Crippen LogP contribution is -2.20. The van der Waals surface area contributed by atoms with Crippen molar-refractivity contribution in [1.82, 2.24) is 9.78 Å². The lowest BCUT2D eigenvalue weighted by Gasteiger charge is -2.04. The molecule has 0 saturated heterocycles. The molecule has 0 bridgehead atoms. The minimum absolute atomic E-state index is 0.0119. The molecule has 0 aliphatic rings. The van der Waals surface area contributed by atoms with E-state index in [1.807, 2.05) is 31.2 Å². The average molecular weight is 260 g/mol. The first-order valence-electron chi connectivity index (χ1n) is 6.14. The largest absolute Gasteiger partial charge is 0.466 e. The van der Waals surface area contributed by atoms with Gasteiger partial charge in [0, 0.05) is 11.8 Å². The molecule has 1 N–H and O–H groups in total. The Morgan fingerprint density at radius 3 is 2.79 bits per heavy atom. The summed E-state index contributed by atoms with van der Waals surface area (Å²) in [4.78, 5) is 23.6. The Morgan fingerprint density at radius 1 is 1.37 bits per heavy atom. The molecule has 0 atom stereocenters. The maximum Gasteiger partial charge on any atom is 0.310 e. The molecule has 0 aliphatic heterocycles. The molecule has 5 heteroatoms. The number of hydrogen-bond donors (Lipinski definition) is 1. The van der Waals surface area contributed by atoms with Gasteiger partial charge in [-0.05, 0) is 25.5 Å². The van der Waals surface area contributed by atoms with Gasteiger partial charge in [0.05, 0.1) is 18.7 Å². The van der Waals surface area contributed by atoms with E-state index in [1.54, 1.807) is 13.1 Å². The van der Waals surface area contributed by atoms with Crippen molar-refractivity contribution in [2.24, 2.45) is 0 Å². The second-order valence-electron chi connectivity index (χ2n) is 4.21. The number of nitrogens with zero attached hydrogens (tertiary/aromatic N) is 1. The average Bonchev–Trinajstić information content (AvgIpc) is 2.72. The van der Waals surface area contributed by atoms with Crippen LogP contribution in [0.4, 0.5) is 0 Å². The smallest absolute Gasteiger partial charge is 0.310 e. The van der Waals surface area contributed by atoms with E-state index in [4.69, 9.17) is 4.74 Å². The van der Waals surface area contributed by atoms with Crippen LogP contribution in [-0.4, -0.2) is 22.4 Å². The van der Waals surface area contributed by atoms with Crippen LogP contribution in [0, 0.1) is 6.92 Å². The van der Waals surface area contributed by atoms with E-state index in [0.29, 0.717) is 12.2 Å². The fraction of sp³-hybridized carbons (Fsp3) is 0.286. The Bertz CT molecular complexity index is 640. The second kappa shape index (κ2) is 5.56. The Hall–Kier alpha value is -2.30. The zero-order valence-corrected chi connectivity index (χ0v) is 11.0. The standard InChI is InChI=1S/C14H16N2O3/c1-3-19-13(17)8-11-9-15-16(14(11)18)12-7-5-4-6-10(12)2/h4-7,9,15H,3,8H2,1-2H3. The molecule has 1 aromatic carbocycles. The number of carbonyl (C=O) groups excluding carboxylic acids is 1. The number of rotatable bonds is 4. The van der Waals surface area contributed by atoms with E-state index in [2.05, 4.69) is 5.10 Å². The van der Waals surface area contributed by atoms with Gasteiger partial charge < -0.3 is 4.74 Å². The molecule has 1 heterocycles. The molecule has 5 nitrogen and oxygen atoms in total. The molecule has 0 radical (unpaired) electrons. The molecule has 2 rings (SSSR count). The summed E-state index contributed by atoms with van der Waals surface area (Å²) in [6, 6.07) is 7.54. The Kier molecular flexibility index (Phi) is 3.85. The molecule has 19 heavy (non-hydrogen) atoms. The van der Waals surface area contributed by atoms with E-state index in [9.17, 15) is 9.59 Å². The third-order valence-electron chi connectivity index (χ3n) is 2.84. The van der Waals surface area contributed by atoms with Crippen molar-refractivity contribution in [1.29, 1.82) is 0 Å². The molecule has 0 amide bonds.